The molecule has 2 saturated heterocycles. The number of anilines is 1. The smallest absolute Gasteiger partial charge is 0.251 e. The molecule has 122 valence electrons. The Balaban J connectivity index is 1.73. The van der Waals surface area contributed by atoms with E-state index in [4.69, 9.17) is 5.73 Å². The van der Waals surface area contributed by atoms with Gasteiger partial charge in [-0.05, 0) is 50.6 Å². The Bertz CT molecular complexity index is 650. The molecule has 6 heteroatoms. The van der Waals surface area contributed by atoms with Crippen molar-refractivity contribution in [1.82, 2.24) is 4.90 Å². The summed E-state index contributed by atoms with van der Waals surface area (Å²) in [7, 11) is 0. The maximum Gasteiger partial charge on any atom is 0.251 e. The average Bonchev–Trinajstić information content (AvgIpc) is 2.82. The van der Waals surface area contributed by atoms with E-state index >= 15 is 0 Å². The summed E-state index contributed by atoms with van der Waals surface area (Å²) in [5.41, 5.74) is 6.98. The monoisotopic (exact) mass is 315 g/mol. The van der Waals surface area contributed by atoms with Crippen molar-refractivity contribution in [2.24, 2.45) is 11.7 Å². The maximum atomic E-state index is 12.7. The number of primary amides is 1. The van der Waals surface area contributed by atoms with Gasteiger partial charge in [0, 0.05) is 5.92 Å². The van der Waals surface area contributed by atoms with Crippen molar-refractivity contribution in [2.45, 2.75) is 32.2 Å². The molecule has 1 atom stereocenters. The molecule has 0 spiro atoms. The second kappa shape index (κ2) is 6.12. The van der Waals surface area contributed by atoms with Gasteiger partial charge in [0.25, 0.3) is 5.91 Å². The first-order valence-corrected chi connectivity index (χ1v) is 7.94. The number of likely N-dealkylation sites (tertiary alicyclic amines) is 1. The van der Waals surface area contributed by atoms with E-state index in [1.54, 1.807) is 6.07 Å². The van der Waals surface area contributed by atoms with E-state index in [0.29, 0.717) is 31.6 Å². The van der Waals surface area contributed by atoms with Crippen LogP contribution in [-0.4, -0.2) is 41.8 Å². The van der Waals surface area contributed by atoms with Crippen molar-refractivity contribution in [3.63, 3.8) is 0 Å². The number of piperidine rings is 1. The Morgan fingerprint density at radius 3 is 2.52 bits per heavy atom. The van der Waals surface area contributed by atoms with Gasteiger partial charge in [-0.1, -0.05) is 12.1 Å². The number of hydrogen-bond acceptors (Lipinski definition) is 4. The third-order valence-corrected chi connectivity index (χ3v) is 4.76. The molecule has 3 amide bonds. The molecule has 2 heterocycles. The summed E-state index contributed by atoms with van der Waals surface area (Å²) in [5.74, 6) is -0.730. The van der Waals surface area contributed by atoms with Crippen LogP contribution in [0.15, 0.2) is 24.3 Å². The van der Waals surface area contributed by atoms with Crippen LogP contribution < -0.4 is 10.6 Å². The van der Waals surface area contributed by atoms with Crippen molar-refractivity contribution in [2.75, 3.05) is 18.0 Å². The number of carbonyl (C=O) groups is 3. The number of hydrogen-bond donors (Lipinski definition) is 1. The van der Waals surface area contributed by atoms with Crippen LogP contribution in [0.25, 0.3) is 0 Å². The fourth-order valence-electron chi connectivity index (χ4n) is 3.44. The van der Waals surface area contributed by atoms with Gasteiger partial charge in [-0.25, -0.2) is 4.90 Å². The molecule has 0 unspecified atom stereocenters. The molecule has 2 aliphatic rings. The summed E-state index contributed by atoms with van der Waals surface area (Å²) in [6, 6.07) is 6.98. The highest BCUT2D eigenvalue weighted by Gasteiger charge is 2.43. The second-order valence-corrected chi connectivity index (χ2v) is 6.34. The molecule has 0 aliphatic carbocycles. The van der Waals surface area contributed by atoms with E-state index in [0.717, 1.165) is 5.56 Å². The molecule has 2 aliphatic heterocycles. The van der Waals surface area contributed by atoms with Gasteiger partial charge in [-0.2, -0.15) is 0 Å². The van der Waals surface area contributed by atoms with E-state index in [1.165, 1.54) is 4.90 Å². The first kappa shape index (κ1) is 15.7. The number of amides is 3. The van der Waals surface area contributed by atoms with Crippen molar-refractivity contribution >= 4 is 23.4 Å². The number of nitrogens with zero attached hydrogens (tertiary/aromatic N) is 2. The highest BCUT2D eigenvalue weighted by molar-refractivity contribution is 6.22. The third kappa shape index (κ3) is 2.99. The Labute approximate surface area is 135 Å². The summed E-state index contributed by atoms with van der Waals surface area (Å²) < 4.78 is 0. The first-order chi connectivity index (χ1) is 11.0. The molecule has 23 heavy (non-hydrogen) atoms. The van der Waals surface area contributed by atoms with E-state index < -0.39 is 6.04 Å². The standard InChI is InChI=1S/C17H21N3O3/c1-11-3-2-4-13(9-11)20-15(21)10-14(17(20)23)19-7-5-12(6-8-19)16(18)22/h2-4,9,12,14H,5-8,10H2,1H3,(H2,18,22)/t14-/m1/s1. The lowest BCUT2D eigenvalue weighted by Crippen LogP contribution is -2.47. The molecular formula is C17H21N3O3. The number of nitrogens with two attached hydrogens (primary N) is 1. The van der Waals surface area contributed by atoms with Crippen LogP contribution in [0.1, 0.15) is 24.8 Å². The minimum atomic E-state index is -0.420. The maximum absolute atomic E-state index is 12.7. The Kier molecular flexibility index (Phi) is 4.17. The quantitative estimate of drug-likeness (QED) is 0.837. The molecule has 0 aromatic heterocycles. The molecule has 1 aromatic rings. The summed E-state index contributed by atoms with van der Waals surface area (Å²) >= 11 is 0. The van der Waals surface area contributed by atoms with Crippen LogP contribution in [0, 0.1) is 12.8 Å². The topological polar surface area (TPSA) is 83.7 Å². The fourth-order valence-corrected chi connectivity index (χ4v) is 3.44. The lowest BCUT2D eigenvalue weighted by atomic mass is 9.95. The van der Waals surface area contributed by atoms with Crippen LogP contribution in [0.4, 0.5) is 5.69 Å². The minimum absolute atomic E-state index is 0.119. The largest absolute Gasteiger partial charge is 0.369 e. The number of aryl methyl sites for hydroxylation is 1. The lowest BCUT2D eigenvalue weighted by molar-refractivity contribution is -0.124. The Hall–Kier alpha value is -2.21. The molecule has 3 rings (SSSR count). The van der Waals surface area contributed by atoms with Gasteiger partial charge in [0.1, 0.15) is 0 Å². The summed E-state index contributed by atoms with van der Waals surface area (Å²) in [4.78, 5) is 39.6. The van der Waals surface area contributed by atoms with E-state index in [2.05, 4.69) is 0 Å². The van der Waals surface area contributed by atoms with E-state index in [1.807, 2.05) is 30.0 Å². The number of benzene rings is 1. The highest BCUT2D eigenvalue weighted by Crippen LogP contribution is 2.28. The Morgan fingerprint density at radius 2 is 1.91 bits per heavy atom. The molecular weight excluding hydrogens is 294 g/mol. The first-order valence-electron chi connectivity index (χ1n) is 7.94. The van der Waals surface area contributed by atoms with Crippen molar-refractivity contribution in [3.8, 4) is 0 Å². The molecule has 0 radical (unpaired) electrons. The van der Waals surface area contributed by atoms with Crippen molar-refractivity contribution < 1.29 is 14.4 Å². The Morgan fingerprint density at radius 1 is 1.22 bits per heavy atom. The zero-order valence-corrected chi connectivity index (χ0v) is 13.2. The van der Waals surface area contributed by atoms with Gasteiger partial charge in [0.15, 0.2) is 0 Å². The lowest BCUT2D eigenvalue weighted by Gasteiger charge is -2.33. The highest BCUT2D eigenvalue weighted by atomic mass is 16.2. The average molecular weight is 315 g/mol. The fraction of sp³-hybridized carbons (Fsp3) is 0.471. The number of rotatable bonds is 3. The van der Waals surface area contributed by atoms with Crippen molar-refractivity contribution in [3.05, 3.63) is 29.8 Å². The van der Waals surface area contributed by atoms with Gasteiger partial charge < -0.3 is 5.73 Å². The second-order valence-electron chi connectivity index (χ2n) is 6.34. The zero-order chi connectivity index (χ0) is 16.6. The molecule has 1 aromatic carbocycles. The van der Waals surface area contributed by atoms with Gasteiger partial charge in [0.05, 0.1) is 18.2 Å². The molecule has 0 saturated carbocycles. The van der Waals surface area contributed by atoms with E-state index in [9.17, 15) is 14.4 Å². The number of carbonyl (C=O) groups excluding carboxylic acids is 3. The summed E-state index contributed by atoms with van der Waals surface area (Å²) in [6.07, 6.45) is 1.50. The minimum Gasteiger partial charge on any atom is -0.369 e. The molecule has 2 N–H and O–H groups in total. The summed E-state index contributed by atoms with van der Waals surface area (Å²) in [5, 5.41) is 0. The summed E-state index contributed by atoms with van der Waals surface area (Å²) in [6.45, 7) is 3.18. The van der Waals surface area contributed by atoms with Crippen LogP contribution in [0.2, 0.25) is 0 Å². The predicted molar refractivity (Wildman–Crippen MR) is 85.6 cm³/mol. The van der Waals surface area contributed by atoms with E-state index in [-0.39, 0.29) is 30.1 Å². The molecule has 2 fully saturated rings. The number of imide groups is 1. The molecule has 0 bridgehead atoms. The van der Waals surface area contributed by atoms with Crippen LogP contribution in [0.3, 0.4) is 0 Å². The van der Waals surface area contributed by atoms with Gasteiger partial charge >= 0.3 is 0 Å². The van der Waals surface area contributed by atoms with Crippen LogP contribution >= 0.6 is 0 Å². The van der Waals surface area contributed by atoms with Gasteiger partial charge in [0.2, 0.25) is 11.8 Å². The van der Waals surface area contributed by atoms with Gasteiger partial charge in [-0.3, -0.25) is 19.3 Å². The van der Waals surface area contributed by atoms with Crippen molar-refractivity contribution in [1.29, 1.82) is 0 Å². The van der Waals surface area contributed by atoms with Crippen LogP contribution in [0.5, 0.6) is 0 Å². The molecule has 6 nitrogen and oxygen atoms in total. The normalized spacial score (nSPS) is 23.5. The van der Waals surface area contributed by atoms with Crippen LogP contribution in [-0.2, 0) is 14.4 Å². The van der Waals surface area contributed by atoms with Gasteiger partial charge in [-0.15, -0.1) is 0 Å². The SMILES string of the molecule is Cc1cccc(N2C(=O)C[C@@H](N3CCC(C(N)=O)CC3)C2=O)c1. The zero-order valence-electron chi connectivity index (χ0n) is 13.2. The third-order valence-electron chi connectivity index (χ3n) is 4.76. The predicted octanol–water partition coefficient (Wildman–Crippen LogP) is 0.824.